The van der Waals surface area contributed by atoms with Crippen molar-refractivity contribution in [2.24, 2.45) is 0 Å². The highest BCUT2D eigenvalue weighted by atomic mass is 16.5. The van der Waals surface area contributed by atoms with Gasteiger partial charge >= 0.3 is 0 Å². The number of carbonyl (C=O) groups excluding carboxylic acids is 1. The van der Waals surface area contributed by atoms with Crippen molar-refractivity contribution in [3.63, 3.8) is 0 Å². The van der Waals surface area contributed by atoms with E-state index in [2.05, 4.69) is 10.3 Å². The van der Waals surface area contributed by atoms with Crippen LogP contribution in [0.5, 0.6) is 11.5 Å². The first-order chi connectivity index (χ1) is 11.3. The molecule has 0 N–H and O–H groups in total. The lowest BCUT2D eigenvalue weighted by Crippen LogP contribution is -2.00. The molecule has 0 saturated heterocycles. The zero-order valence-electron chi connectivity index (χ0n) is 12.8. The van der Waals surface area contributed by atoms with Gasteiger partial charge in [0.2, 0.25) is 0 Å². The van der Waals surface area contributed by atoms with E-state index in [1.807, 2.05) is 48.5 Å². The number of aromatic nitrogens is 3. The molecule has 0 fully saturated rings. The molecule has 116 valence electrons. The third-order valence-electron chi connectivity index (χ3n) is 3.45. The van der Waals surface area contributed by atoms with Gasteiger partial charge < -0.3 is 9.47 Å². The van der Waals surface area contributed by atoms with Gasteiger partial charge in [0.05, 0.1) is 19.9 Å². The summed E-state index contributed by atoms with van der Waals surface area (Å²) in [6.45, 7) is 0. The summed E-state index contributed by atoms with van der Waals surface area (Å²) >= 11 is 0. The normalized spacial score (nSPS) is 10.3. The molecule has 23 heavy (non-hydrogen) atoms. The summed E-state index contributed by atoms with van der Waals surface area (Å²) in [5.41, 5.74) is 2.41. The summed E-state index contributed by atoms with van der Waals surface area (Å²) in [5, 5.41) is 8.07. The first-order valence-corrected chi connectivity index (χ1v) is 6.96. The molecule has 0 bridgehead atoms. The highest BCUT2D eigenvalue weighted by molar-refractivity contribution is 5.84. The van der Waals surface area contributed by atoms with Crippen LogP contribution >= 0.6 is 0 Å². The van der Waals surface area contributed by atoms with Gasteiger partial charge in [-0.2, -0.15) is 0 Å². The molecule has 0 radical (unpaired) electrons. The molecule has 0 spiro atoms. The van der Waals surface area contributed by atoms with Gasteiger partial charge in [-0.3, -0.25) is 4.79 Å². The molecule has 0 amide bonds. The summed E-state index contributed by atoms with van der Waals surface area (Å²) in [6.07, 6.45) is 0.693. The van der Waals surface area contributed by atoms with E-state index in [-0.39, 0.29) is 5.69 Å². The van der Waals surface area contributed by atoms with Gasteiger partial charge in [-0.25, -0.2) is 4.68 Å². The van der Waals surface area contributed by atoms with Crippen LogP contribution in [0.3, 0.4) is 0 Å². The average Bonchev–Trinajstić information content (AvgIpc) is 3.06. The quantitative estimate of drug-likeness (QED) is 0.678. The van der Waals surface area contributed by atoms with Crippen LogP contribution in [-0.4, -0.2) is 35.5 Å². The summed E-state index contributed by atoms with van der Waals surface area (Å²) in [5.74, 6) is 1.39. The Morgan fingerprint density at radius 2 is 1.70 bits per heavy atom. The zero-order chi connectivity index (χ0) is 16.2. The Morgan fingerprint density at radius 1 is 1.00 bits per heavy atom. The van der Waals surface area contributed by atoms with Crippen molar-refractivity contribution in [2.75, 3.05) is 14.2 Å². The summed E-state index contributed by atoms with van der Waals surface area (Å²) in [6, 6.07) is 14.8. The van der Waals surface area contributed by atoms with Gasteiger partial charge in [-0.15, -0.1) is 5.10 Å². The minimum atomic E-state index is 0.265. The first-order valence-electron chi connectivity index (χ1n) is 6.96. The molecule has 1 aromatic heterocycles. The van der Waals surface area contributed by atoms with Crippen molar-refractivity contribution in [1.82, 2.24) is 15.0 Å². The van der Waals surface area contributed by atoms with E-state index in [9.17, 15) is 4.79 Å². The summed E-state index contributed by atoms with van der Waals surface area (Å²) in [7, 11) is 3.19. The molecule has 0 saturated carbocycles. The van der Waals surface area contributed by atoms with Crippen molar-refractivity contribution in [3.8, 4) is 28.4 Å². The highest BCUT2D eigenvalue weighted by Crippen LogP contribution is 2.28. The maximum absolute atomic E-state index is 11.4. The van der Waals surface area contributed by atoms with E-state index < -0.39 is 0 Å². The molecule has 0 atom stereocenters. The number of rotatable bonds is 5. The fraction of sp³-hybridized carbons (Fsp3) is 0.118. The Bertz CT molecular complexity index is 843. The smallest absolute Gasteiger partial charge is 0.172 e. The minimum Gasteiger partial charge on any atom is -0.497 e. The van der Waals surface area contributed by atoms with Crippen LogP contribution in [0.15, 0.2) is 48.5 Å². The van der Waals surface area contributed by atoms with Crippen LogP contribution in [0.4, 0.5) is 0 Å². The van der Waals surface area contributed by atoms with E-state index in [4.69, 9.17) is 9.47 Å². The molecule has 6 heteroatoms. The molecule has 0 aliphatic heterocycles. The number of carbonyl (C=O) groups is 1. The van der Waals surface area contributed by atoms with Gasteiger partial charge in [0.1, 0.15) is 17.2 Å². The van der Waals surface area contributed by atoms with Crippen molar-refractivity contribution < 1.29 is 14.3 Å². The second-order valence-corrected chi connectivity index (χ2v) is 4.79. The number of hydrogen-bond acceptors (Lipinski definition) is 5. The van der Waals surface area contributed by atoms with Gasteiger partial charge in [0, 0.05) is 11.6 Å². The van der Waals surface area contributed by atoms with Crippen LogP contribution < -0.4 is 9.47 Å². The van der Waals surface area contributed by atoms with Crippen molar-refractivity contribution >= 4 is 6.29 Å². The average molecular weight is 309 g/mol. The molecule has 3 aromatic rings. The molecule has 1 heterocycles. The maximum atomic E-state index is 11.4. The van der Waals surface area contributed by atoms with Crippen LogP contribution in [0.1, 0.15) is 10.5 Å². The predicted molar refractivity (Wildman–Crippen MR) is 85.3 cm³/mol. The van der Waals surface area contributed by atoms with Gasteiger partial charge in [0.15, 0.2) is 12.0 Å². The van der Waals surface area contributed by atoms with E-state index in [0.717, 1.165) is 11.3 Å². The molecule has 0 aliphatic carbocycles. The van der Waals surface area contributed by atoms with Crippen LogP contribution in [-0.2, 0) is 0 Å². The maximum Gasteiger partial charge on any atom is 0.172 e. The molecular weight excluding hydrogens is 294 g/mol. The lowest BCUT2D eigenvalue weighted by molar-refractivity contribution is 0.111. The summed E-state index contributed by atoms with van der Waals surface area (Å²) < 4.78 is 12.1. The Kier molecular flexibility index (Phi) is 4.05. The van der Waals surface area contributed by atoms with Crippen LogP contribution in [0, 0.1) is 0 Å². The lowest BCUT2D eigenvalue weighted by atomic mass is 10.1. The Balaban J connectivity index is 2.19. The number of methoxy groups -OCH3 is 2. The van der Waals surface area contributed by atoms with Crippen LogP contribution in [0.2, 0.25) is 0 Å². The van der Waals surface area contributed by atoms with Gasteiger partial charge in [-0.1, -0.05) is 23.4 Å². The number of benzene rings is 2. The number of ether oxygens (including phenoxy) is 2. The van der Waals surface area contributed by atoms with Crippen molar-refractivity contribution in [1.29, 1.82) is 0 Å². The first kappa shape index (κ1) is 14.8. The van der Waals surface area contributed by atoms with Crippen LogP contribution in [0.25, 0.3) is 16.9 Å². The Morgan fingerprint density at radius 3 is 2.39 bits per heavy atom. The Hall–Kier alpha value is -3.15. The monoisotopic (exact) mass is 309 g/mol. The Labute approximate surface area is 133 Å². The standard InChI is InChI=1S/C17H15N3O3/c1-22-14-7-3-5-12(9-14)17-16(11-21)18-19-20(17)13-6-4-8-15(10-13)23-2/h3-11H,1-2H3. The summed E-state index contributed by atoms with van der Waals surface area (Å²) in [4.78, 5) is 11.4. The lowest BCUT2D eigenvalue weighted by Gasteiger charge is -2.09. The van der Waals surface area contributed by atoms with Gasteiger partial charge in [-0.05, 0) is 24.3 Å². The molecular formula is C17H15N3O3. The number of hydrogen-bond donors (Lipinski definition) is 0. The number of nitrogens with zero attached hydrogens (tertiary/aromatic N) is 3. The fourth-order valence-electron chi connectivity index (χ4n) is 2.34. The van der Waals surface area contributed by atoms with E-state index >= 15 is 0 Å². The molecule has 0 unspecified atom stereocenters. The molecule has 2 aromatic carbocycles. The third kappa shape index (κ3) is 2.78. The van der Waals surface area contributed by atoms with Crippen molar-refractivity contribution in [3.05, 3.63) is 54.2 Å². The zero-order valence-corrected chi connectivity index (χ0v) is 12.8. The second kappa shape index (κ2) is 6.31. The fourth-order valence-corrected chi connectivity index (χ4v) is 2.34. The SMILES string of the molecule is COc1cccc(-c2c(C=O)nnn2-c2cccc(OC)c2)c1. The molecule has 3 rings (SSSR count). The second-order valence-electron chi connectivity index (χ2n) is 4.79. The van der Waals surface area contributed by atoms with E-state index in [1.54, 1.807) is 18.9 Å². The van der Waals surface area contributed by atoms with Gasteiger partial charge in [0.25, 0.3) is 0 Å². The van der Waals surface area contributed by atoms with Crippen molar-refractivity contribution in [2.45, 2.75) is 0 Å². The van der Waals surface area contributed by atoms with E-state index in [0.29, 0.717) is 23.5 Å². The van der Waals surface area contributed by atoms with E-state index in [1.165, 1.54) is 0 Å². The molecule has 6 nitrogen and oxygen atoms in total. The topological polar surface area (TPSA) is 66.2 Å². The third-order valence-corrected chi connectivity index (χ3v) is 3.45. The molecule has 0 aliphatic rings. The predicted octanol–water partition coefficient (Wildman–Crippen LogP) is 2.76. The number of aldehydes is 1. The largest absolute Gasteiger partial charge is 0.497 e. The minimum absolute atomic E-state index is 0.265. The highest BCUT2D eigenvalue weighted by Gasteiger charge is 2.16.